The minimum atomic E-state index is 0.983. The highest BCUT2D eigenvalue weighted by Gasteiger charge is 2.07. The number of pyridine rings is 2. The van der Waals surface area contributed by atoms with Crippen molar-refractivity contribution in [2.45, 2.75) is 16.8 Å². The first-order valence-electron chi connectivity index (χ1n) is 4.60. The van der Waals surface area contributed by atoms with Crippen LogP contribution in [-0.4, -0.2) is 22.5 Å². The van der Waals surface area contributed by atoms with Gasteiger partial charge in [-0.1, -0.05) is 0 Å². The zero-order valence-corrected chi connectivity index (χ0v) is 10.6. The Morgan fingerprint density at radius 1 is 1.20 bits per heavy atom. The van der Waals surface area contributed by atoms with Crippen LogP contribution >= 0.6 is 23.5 Å². The second kappa shape index (κ2) is 4.41. The van der Waals surface area contributed by atoms with Crippen molar-refractivity contribution in [1.82, 2.24) is 9.97 Å². The minimum absolute atomic E-state index is 0.983. The van der Waals surface area contributed by atoms with Crippen molar-refractivity contribution in [3.8, 4) is 0 Å². The van der Waals surface area contributed by atoms with E-state index in [1.54, 1.807) is 23.5 Å². The Labute approximate surface area is 97.9 Å². The third-order valence-electron chi connectivity index (χ3n) is 2.26. The van der Waals surface area contributed by atoms with Crippen molar-refractivity contribution < 1.29 is 0 Å². The fourth-order valence-electron chi connectivity index (χ4n) is 1.46. The molecule has 0 saturated heterocycles. The maximum atomic E-state index is 4.64. The van der Waals surface area contributed by atoms with E-state index in [-0.39, 0.29) is 0 Å². The van der Waals surface area contributed by atoms with E-state index in [0.29, 0.717) is 0 Å². The summed E-state index contributed by atoms with van der Waals surface area (Å²) in [5.41, 5.74) is 3.18. The molecule has 78 valence electrons. The zero-order valence-electron chi connectivity index (χ0n) is 8.94. The number of hydrogen-bond donors (Lipinski definition) is 0. The van der Waals surface area contributed by atoms with Crippen molar-refractivity contribution in [3.63, 3.8) is 0 Å². The van der Waals surface area contributed by atoms with E-state index >= 15 is 0 Å². The van der Waals surface area contributed by atoms with Gasteiger partial charge in [0.2, 0.25) is 0 Å². The number of aromatic nitrogens is 2. The molecule has 2 aromatic rings. The van der Waals surface area contributed by atoms with Gasteiger partial charge in [-0.05, 0) is 37.1 Å². The quantitative estimate of drug-likeness (QED) is 0.747. The van der Waals surface area contributed by atoms with Gasteiger partial charge in [0.1, 0.15) is 5.03 Å². The van der Waals surface area contributed by atoms with Gasteiger partial charge in [-0.25, -0.2) is 4.98 Å². The van der Waals surface area contributed by atoms with Crippen molar-refractivity contribution in [1.29, 1.82) is 0 Å². The molecule has 0 N–H and O–H groups in total. The van der Waals surface area contributed by atoms with Crippen molar-refractivity contribution in [2.75, 3.05) is 12.5 Å². The molecule has 0 bridgehead atoms. The highest BCUT2D eigenvalue weighted by Crippen LogP contribution is 2.29. The molecule has 15 heavy (non-hydrogen) atoms. The van der Waals surface area contributed by atoms with Gasteiger partial charge in [-0.15, -0.1) is 23.5 Å². The summed E-state index contributed by atoms with van der Waals surface area (Å²) < 4.78 is 0. The normalized spacial score (nSPS) is 10.9. The van der Waals surface area contributed by atoms with Crippen LogP contribution in [0, 0.1) is 6.92 Å². The highest BCUT2D eigenvalue weighted by atomic mass is 32.2. The fraction of sp³-hybridized carbons (Fsp3) is 0.273. The van der Waals surface area contributed by atoms with Crippen LogP contribution < -0.4 is 0 Å². The van der Waals surface area contributed by atoms with Gasteiger partial charge in [0.05, 0.1) is 11.0 Å². The van der Waals surface area contributed by atoms with Crippen LogP contribution in [0.25, 0.3) is 11.0 Å². The Bertz CT molecular complexity index is 497. The summed E-state index contributed by atoms with van der Waals surface area (Å²) in [6.45, 7) is 2.07. The van der Waals surface area contributed by atoms with Crippen LogP contribution in [0.1, 0.15) is 5.56 Å². The van der Waals surface area contributed by atoms with Crippen molar-refractivity contribution >= 4 is 34.6 Å². The molecular weight excluding hydrogens is 224 g/mol. The van der Waals surface area contributed by atoms with Gasteiger partial charge in [0.15, 0.2) is 0 Å². The maximum Gasteiger partial charge on any atom is 0.110 e. The third kappa shape index (κ3) is 1.96. The Hall–Kier alpha value is -0.740. The van der Waals surface area contributed by atoms with E-state index in [2.05, 4.69) is 35.5 Å². The molecule has 0 aliphatic rings. The molecule has 4 heteroatoms. The highest BCUT2D eigenvalue weighted by molar-refractivity contribution is 8.01. The number of nitrogens with zero attached hydrogens (tertiary/aromatic N) is 2. The van der Waals surface area contributed by atoms with E-state index in [1.165, 1.54) is 10.5 Å². The van der Waals surface area contributed by atoms with Crippen LogP contribution in [-0.2, 0) is 0 Å². The molecule has 2 rings (SSSR count). The van der Waals surface area contributed by atoms with Gasteiger partial charge in [-0.3, -0.25) is 4.98 Å². The van der Waals surface area contributed by atoms with Gasteiger partial charge in [0, 0.05) is 11.1 Å². The Morgan fingerprint density at radius 2 is 2.00 bits per heavy atom. The summed E-state index contributed by atoms with van der Waals surface area (Å²) >= 11 is 3.40. The van der Waals surface area contributed by atoms with E-state index in [1.807, 2.05) is 12.3 Å². The van der Waals surface area contributed by atoms with Crippen LogP contribution in [0.3, 0.4) is 0 Å². The summed E-state index contributed by atoms with van der Waals surface area (Å²) in [7, 11) is 0. The van der Waals surface area contributed by atoms with E-state index in [4.69, 9.17) is 0 Å². The summed E-state index contributed by atoms with van der Waals surface area (Å²) in [6.07, 6.45) is 5.96. The van der Waals surface area contributed by atoms with Gasteiger partial charge in [-0.2, -0.15) is 0 Å². The van der Waals surface area contributed by atoms with E-state index in [0.717, 1.165) is 16.1 Å². The standard InChI is InChI=1S/C11H12N2S2/c1-7-4-5-12-8-6-9(14-2)11(15-3)13-10(7)8/h4-6H,1-3H3. The summed E-state index contributed by atoms with van der Waals surface area (Å²) in [6, 6.07) is 4.12. The predicted molar refractivity (Wildman–Crippen MR) is 67.8 cm³/mol. The second-order valence-electron chi connectivity index (χ2n) is 3.20. The molecule has 0 fully saturated rings. The van der Waals surface area contributed by atoms with Crippen molar-refractivity contribution in [2.24, 2.45) is 0 Å². The van der Waals surface area contributed by atoms with Crippen LogP contribution in [0.15, 0.2) is 28.3 Å². The smallest absolute Gasteiger partial charge is 0.110 e. The second-order valence-corrected chi connectivity index (χ2v) is 4.84. The number of thioether (sulfide) groups is 2. The van der Waals surface area contributed by atoms with E-state index in [9.17, 15) is 0 Å². The molecule has 0 atom stereocenters. The van der Waals surface area contributed by atoms with Gasteiger partial charge >= 0.3 is 0 Å². The Morgan fingerprint density at radius 3 is 2.67 bits per heavy atom. The average molecular weight is 236 g/mol. The van der Waals surface area contributed by atoms with Crippen LogP contribution in [0.5, 0.6) is 0 Å². The monoisotopic (exact) mass is 236 g/mol. The largest absolute Gasteiger partial charge is 0.255 e. The molecule has 0 aliphatic heterocycles. The molecule has 0 spiro atoms. The minimum Gasteiger partial charge on any atom is -0.255 e. The van der Waals surface area contributed by atoms with Crippen molar-refractivity contribution in [3.05, 3.63) is 23.9 Å². The number of rotatable bonds is 2. The lowest BCUT2D eigenvalue weighted by Crippen LogP contribution is -1.90. The molecule has 2 aromatic heterocycles. The lowest BCUT2D eigenvalue weighted by molar-refractivity contribution is 1.07. The Kier molecular flexibility index (Phi) is 3.17. The van der Waals surface area contributed by atoms with E-state index < -0.39 is 0 Å². The molecule has 2 heterocycles. The maximum absolute atomic E-state index is 4.64. The molecule has 0 amide bonds. The van der Waals surface area contributed by atoms with Gasteiger partial charge in [0.25, 0.3) is 0 Å². The SMILES string of the molecule is CSc1cc2nccc(C)c2nc1SC. The number of aryl methyl sites for hydroxylation is 1. The average Bonchev–Trinajstić information content (AvgIpc) is 2.28. The zero-order chi connectivity index (χ0) is 10.8. The first-order valence-corrected chi connectivity index (χ1v) is 7.05. The predicted octanol–water partition coefficient (Wildman–Crippen LogP) is 3.38. The van der Waals surface area contributed by atoms with Gasteiger partial charge < -0.3 is 0 Å². The van der Waals surface area contributed by atoms with Crippen LogP contribution in [0.2, 0.25) is 0 Å². The lowest BCUT2D eigenvalue weighted by atomic mass is 10.2. The molecular formula is C11H12N2S2. The molecule has 0 aliphatic carbocycles. The molecule has 0 aromatic carbocycles. The topological polar surface area (TPSA) is 25.8 Å². The first-order chi connectivity index (χ1) is 7.26. The molecule has 0 unspecified atom stereocenters. The first kappa shape index (κ1) is 10.8. The molecule has 0 saturated carbocycles. The summed E-state index contributed by atoms with van der Waals surface area (Å²) in [4.78, 5) is 10.2. The molecule has 0 radical (unpaired) electrons. The number of fused-ring (bicyclic) bond motifs is 1. The lowest BCUT2D eigenvalue weighted by Gasteiger charge is -2.06. The number of hydrogen-bond acceptors (Lipinski definition) is 4. The summed E-state index contributed by atoms with van der Waals surface area (Å²) in [5.74, 6) is 0. The van der Waals surface area contributed by atoms with Crippen LogP contribution in [0.4, 0.5) is 0 Å². The third-order valence-corrected chi connectivity index (χ3v) is 3.84. The summed E-state index contributed by atoms with van der Waals surface area (Å²) in [5, 5.41) is 1.09. The molecule has 2 nitrogen and oxygen atoms in total. The fourth-order valence-corrected chi connectivity index (χ4v) is 2.85. The Balaban J connectivity index is 2.75.